The van der Waals surface area contributed by atoms with Gasteiger partial charge in [0.2, 0.25) is 0 Å². The van der Waals surface area contributed by atoms with Gasteiger partial charge in [-0.25, -0.2) is 0 Å². The van der Waals surface area contributed by atoms with E-state index in [0.29, 0.717) is 15.8 Å². The second kappa shape index (κ2) is 7.57. The summed E-state index contributed by atoms with van der Waals surface area (Å²) in [7, 11) is 0. The first kappa shape index (κ1) is 16.6. The summed E-state index contributed by atoms with van der Waals surface area (Å²) < 4.78 is 6.00. The SMILES string of the molecule is Cc1ccc(C=C2SC(=S)N(CCN3CCOCC3)C2=O)cc1. The Balaban J connectivity index is 1.63. The molecule has 23 heavy (non-hydrogen) atoms. The molecule has 4 nitrogen and oxygen atoms in total. The lowest BCUT2D eigenvalue weighted by atomic mass is 10.1. The van der Waals surface area contributed by atoms with Crippen molar-refractivity contribution in [3.8, 4) is 0 Å². The predicted molar refractivity (Wildman–Crippen MR) is 98.3 cm³/mol. The van der Waals surface area contributed by atoms with Gasteiger partial charge in [0.05, 0.1) is 18.1 Å². The summed E-state index contributed by atoms with van der Waals surface area (Å²) in [5, 5.41) is 0. The third-order valence-corrected chi connectivity index (χ3v) is 5.37. The third kappa shape index (κ3) is 4.20. The molecule has 122 valence electrons. The van der Waals surface area contributed by atoms with Crippen LogP contribution < -0.4 is 0 Å². The summed E-state index contributed by atoms with van der Waals surface area (Å²) in [6, 6.07) is 8.14. The number of aryl methyl sites for hydroxylation is 1. The summed E-state index contributed by atoms with van der Waals surface area (Å²) in [6.45, 7) is 6.93. The molecule has 1 aromatic carbocycles. The van der Waals surface area contributed by atoms with Gasteiger partial charge in [-0.2, -0.15) is 0 Å². The van der Waals surface area contributed by atoms with Gasteiger partial charge in [-0.3, -0.25) is 14.6 Å². The van der Waals surface area contributed by atoms with Gasteiger partial charge in [0.25, 0.3) is 5.91 Å². The van der Waals surface area contributed by atoms with Crippen molar-refractivity contribution in [3.63, 3.8) is 0 Å². The van der Waals surface area contributed by atoms with Crippen molar-refractivity contribution < 1.29 is 9.53 Å². The van der Waals surface area contributed by atoms with Gasteiger partial charge in [-0.15, -0.1) is 0 Å². The van der Waals surface area contributed by atoms with Gasteiger partial charge in [-0.05, 0) is 18.6 Å². The summed E-state index contributed by atoms with van der Waals surface area (Å²) >= 11 is 6.78. The summed E-state index contributed by atoms with van der Waals surface area (Å²) in [6.07, 6.45) is 1.92. The van der Waals surface area contributed by atoms with Crippen molar-refractivity contribution in [3.05, 3.63) is 40.3 Å². The van der Waals surface area contributed by atoms with E-state index >= 15 is 0 Å². The highest BCUT2D eigenvalue weighted by Crippen LogP contribution is 2.32. The van der Waals surface area contributed by atoms with Crippen LogP contribution >= 0.6 is 24.0 Å². The van der Waals surface area contributed by atoms with Gasteiger partial charge < -0.3 is 4.74 Å². The fourth-order valence-electron chi connectivity index (χ4n) is 2.57. The number of benzene rings is 1. The molecule has 0 unspecified atom stereocenters. The molecule has 6 heteroatoms. The molecule has 2 heterocycles. The number of carbonyl (C=O) groups is 1. The van der Waals surface area contributed by atoms with Crippen LogP contribution in [0.1, 0.15) is 11.1 Å². The van der Waals surface area contributed by atoms with E-state index in [1.54, 1.807) is 4.90 Å². The molecule has 0 aliphatic carbocycles. The molecule has 2 fully saturated rings. The summed E-state index contributed by atoms with van der Waals surface area (Å²) in [4.78, 5) is 17.3. The van der Waals surface area contributed by atoms with Crippen LogP contribution in [0.25, 0.3) is 6.08 Å². The van der Waals surface area contributed by atoms with E-state index in [9.17, 15) is 4.79 Å². The van der Waals surface area contributed by atoms with E-state index in [1.807, 2.05) is 30.3 Å². The minimum absolute atomic E-state index is 0.0221. The number of carbonyl (C=O) groups excluding carboxylic acids is 1. The lowest BCUT2D eigenvalue weighted by molar-refractivity contribution is -0.122. The second-order valence-electron chi connectivity index (χ2n) is 5.70. The first-order chi connectivity index (χ1) is 11.1. The topological polar surface area (TPSA) is 32.8 Å². The molecule has 0 radical (unpaired) electrons. The van der Waals surface area contributed by atoms with Crippen LogP contribution in [0, 0.1) is 6.92 Å². The molecule has 0 saturated carbocycles. The molecule has 0 spiro atoms. The summed E-state index contributed by atoms with van der Waals surface area (Å²) in [5.74, 6) is 0.0221. The number of ether oxygens (including phenoxy) is 1. The van der Waals surface area contributed by atoms with E-state index in [2.05, 4.69) is 11.8 Å². The van der Waals surface area contributed by atoms with Crippen LogP contribution in [0.2, 0.25) is 0 Å². The minimum Gasteiger partial charge on any atom is -0.379 e. The minimum atomic E-state index is 0.0221. The predicted octanol–water partition coefficient (Wildman–Crippen LogP) is 2.53. The highest BCUT2D eigenvalue weighted by Gasteiger charge is 2.32. The molecule has 0 N–H and O–H groups in total. The van der Waals surface area contributed by atoms with Gasteiger partial charge in [-0.1, -0.05) is 53.8 Å². The van der Waals surface area contributed by atoms with Crippen LogP contribution in [0.15, 0.2) is 29.2 Å². The number of morpholine rings is 1. The zero-order valence-electron chi connectivity index (χ0n) is 13.2. The molecule has 0 atom stereocenters. The molecule has 2 saturated heterocycles. The molecule has 2 aliphatic heterocycles. The Hall–Kier alpha value is -1.21. The molecule has 1 aromatic rings. The largest absolute Gasteiger partial charge is 0.379 e. The van der Waals surface area contributed by atoms with E-state index in [4.69, 9.17) is 17.0 Å². The van der Waals surface area contributed by atoms with Crippen molar-refractivity contribution in [2.45, 2.75) is 6.92 Å². The van der Waals surface area contributed by atoms with Crippen molar-refractivity contribution in [2.75, 3.05) is 39.4 Å². The zero-order valence-corrected chi connectivity index (χ0v) is 14.8. The smallest absolute Gasteiger partial charge is 0.266 e. The number of nitrogens with zero attached hydrogens (tertiary/aromatic N) is 2. The van der Waals surface area contributed by atoms with Gasteiger partial charge in [0.1, 0.15) is 4.32 Å². The van der Waals surface area contributed by atoms with Crippen molar-refractivity contribution in [1.82, 2.24) is 9.80 Å². The van der Waals surface area contributed by atoms with Gasteiger partial charge in [0, 0.05) is 26.2 Å². The average molecular weight is 348 g/mol. The van der Waals surface area contributed by atoms with Crippen molar-refractivity contribution >= 4 is 40.3 Å². The maximum atomic E-state index is 12.6. The van der Waals surface area contributed by atoms with Crippen LogP contribution in [0.3, 0.4) is 0 Å². The average Bonchev–Trinajstić information content (AvgIpc) is 2.82. The first-order valence-corrected chi connectivity index (χ1v) is 8.98. The van der Waals surface area contributed by atoms with Crippen LogP contribution in [-0.4, -0.2) is 59.4 Å². The van der Waals surface area contributed by atoms with E-state index in [0.717, 1.165) is 38.4 Å². The van der Waals surface area contributed by atoms with Crippen molar-refractivity contribution in [1.29, 1.82) is 0 Å². The Labute approximate surface area is 146 Å². The Kier molecular flexibility index (Phi) is 5.48. The highest BCUT2D eigenvalue weighted by atomic mass is 32.2. The quantitative estimate of drug-likeness (QED) is 0.617. The van der Waals surface area contributed by atoms with Crippen molar-refractivity contribution in [2.24, 2.45) is 0 Å². The molecule has 0 bridgehead atoms. The molecule has 0 aromatic heterocycles. The highest BCUT2D eigenvalue weighted by molar-refractivity contribution is 8.26. The van der Waals surface area contributed by atoms with E-state index in [-0.39, 0.29) is 5.91 Å². The molecular weight excluding hydrogens is 328 g/mol. The summed E-state index contributed by atoms with van der Waals surface area (Å²) in [5.41, 5.74) is 2.24. The number of hydrogen-bond acceptors (Lipinski definition) is 5. The number of hydrogen-bond donors (Lipinski definition) is 0. The van der Waals surface area contributed by atoms with Crippen LogP contribution in [-0.2, 0) is 9.53 Å². The van der Waals surface area contributed by atoms with Gasteiger partial charge in [0.15, 0.2) is 0 Å². The first-order valence-electron chi connectivity index (χ1n) is 7.75. The number of thioether (sulfide) groups is 1. The number of rotatable bonds is 4. The maximum absolute atomic E-state index is 12.6. The standard InChI is InChI=1S/C17H20N2O2S2/c1-13-2-4-14(5-3-13)12-15-16(20)19(17(22)23-15)7-6-18-8-10-21-11-9-18/h2-5,12H,6-11H2,1H3. The lowest BCUT2D eigenvalue weighted by Gasteiger charge is -2.28. The van der Waals surface area contributed by atoms with Crippen LogP contribution in [0.4, 0.5) is 0 Å². The molecule has 3 rings (SSSR count). The number of thiocarbonyl (C=S) groups is 1. The fraction of sp³-hybridized carbons (Fsp3) is 0.412. The molecule has 2 aliphatic rings. The fourth-order valence-corrected chi connectivity index (χ4v) is 3.88. The molecular formula is C17H20N2O2S2. The van der Waals surface area contributed by atoms with Crippen LogP contribution in [0.5, 0.6) is 0 Å². The number of amides is 1. The monoisotopic (exact) mass is 348 g/mol. The molecule has 1 amide bonds. The van der Waals surface area contributed by atoms with E-state index < -0.39 is 0 Å². The van der Waals surface area contributed by atoms with Gasteiger partial charge >= 0.3 is 0 Å². The Morgan fingerprint density at radius 2 is 1.91 bits per heavy atom. The lowest BCUT2D eigenvalue weighted by Crippen LogP contribution is -2.42. The third-order valence-electron chi connectivity index (χ3n) is 3.99. The Morgan fingerprint density at radius 3 is 2.61 bits per heavy atom. The zero-order chi connectivity index (χ0) is 16.2. The second-order valence-corrected chi connectivity index (χ2v) is 7.37. The normalized spacial score (nSPS) is 21.4. The Morgan fingerprint density at radius 1 is 1.22 bits per heavy atom. The Bertz CT molecular complexity index is 622. The van der Waals surface area contributed by atoms with E-state index in [1.165, 1.54) is 17.3 Å². The maximum Gasteiger partial charge on any atom is 0.266 e.